The van der Waals surface area contributed by atoms with Crippen LogP contribution in [0.4, 0.5) is 5.69 Å². The van der Waals surface area contributed by atoms with Gasteiger partial charge in [0.05, 0.1) is 0 Å². The summed E-state index contributed by atoms with van der Waals surface area (Å²) in [5, 5.41) is 3.52. The summed E-state index contributed by atoms with van der Waals surface area (Å²) < 4.78 is 0. The van der Waals surface area contributed by atoms with Crippen molar-refractivity contribution in [3.8, 4) is 0 Å². The lowest BCUT2D eigenvalue weighted by Crippen LogP contribution is -2.00. The summed E-state index contributed by atoms with van der Waals surface area (Å²) >= 11 is 1.90. The van der Waals surface area contributed by atoms with Gasteiger partial charge in [-0.1, -0.05) is 19.1 Å². The molecule has 0 saturated heterocycles. The van der Waals surface area contributed by atoms with E-state index in [4.69, 9.17) is 0 Å². The first-order valence-electron chi connectivity index (χ1n) is 6.08. The molecule has 0 aliphatic heterocycles. The summed E-state index contributed by atoms with van der Waals surface area (Å²) in [6, 6.07) is 10.9. The number of thiophene rings is 1. The van der Waals surface area contributed by atoms with Crippen molar-refractivity contribution < 1.29 is 0 Å². The van der Waals surface area contributed by atoms with Crippen molar-refractivity contribution >= 4 is 17.0 Å². The van der Waals surface area contributed by atoms with Crippen LogP contribution in [-0.2, 0) is 13.0 Å². The molecule has 0 spiro atoms. The van der Waals surface area contributed by atoms with Gasteiger partial charge in [0.2, 0.25) is 0 Å². The van der Waals surface area contributed by atoms with Crippen molar-refractivity contribution in [2.45, 2.75) is 33.7 Å². The molecule has 1 nitrogen and oxygen atoms in total. The SMILES string of the molecule is CCc1ccc(CNc2cccc(C)c2C)s1. The highest BCUT2D eigenvalue weighted by Crippen LogP contribution is 2.21. The number of benzene rings is 1. The number of aryl methyl sites for hydroxylation is 2. The van der Waals surface area contributed by atoms with E-state index in [9.17, 15) is 0 Å². The van der Waals surface area contributed by atoms with Crippen molar-refractivity contribution in [3.63, 3.8) is 0 Å². The zero-order valence-corrected chi connectivity index (χ0v) is 11.5. The minimum Gasteiger partial charge on any atom is -0.380 e. The fourth-order valence-electron chi connectivity index (χ4n) is 1.83. The van der Waals surface area contributed by atoms with Crippen LogP contribution in [0.5, 0.6) is 0 Å². The van der Waals surface area contributed by atoms with Crippen LogP contribution >= 0.6 is 11.3 Å². The molecule has 0 atom stereocenters. The number of nitrogens with one attached hydrogen (secondary N) is 1. The summed E-state index contributed by atoms with van der Waals surface area (Å²) in [5.74, 6) is 0. The van der Waals surface area contributed by atoms with Crippen LogP contribution in [0.15, 0.2) is 30.3 Å². The van der Waals surface area contributed by atoms with Gasteiger partial charge >= 0.3 is 0 Å². The van der Waals surface area contributed by atoms with E-state index in [1.54, 1.807) is 0 Å². The molecule has 1 aromatic carbocycles. The molecule has 0 bridgehead atoms. The maximum Gasteiger partial charge on any atom is 0.0494 e. The van der Waals surface area contributed by atoms with Crippen molar-refractivity contribution in [2.24, 2.45) is 0 Å². The lowest BCUT2D eigenvalue weighted by molar-refractivity contribution is 1.17. The zero-order chi connectivity index (χ0) is 12.3. The molecule has 1 N–H and O–H groups in total. The first-order chi connectivity index (χ1) is 8.20. The van der Waals surface area contributed by atoms with Gasteiger partial charge in [-0.15, -0.1) is 11.3 Å². The quantitative estimate of drug-likeness (QED) is 0.834. The number of hydrogen-bond donors (Lipinski definition) is 1. The van der Waals surface area contributed by atoms with Crippen LogP contribution < -0.4 is 5.32 Å². The summed E-state index contributed by atoms with van der Waals surface area (Å²) in [4.78, 5) is 2.87. The standard InChI is InChI=1S/C15H19NS/c1-4-13-8-9-14(17-13)10-16-15-7-5-6-11(2)12(15)3/h5-9,16H,4,10H2,1-3H3. The summed E-state index contributed by atoms with van der Waals surface area (Å²) in [6.07, 6.45) is 1.13. The lowest BCUT2D eigenvalue weighted by atomic mass is 10.1. The van der Waals surface area contributed by atoms with Gasteiger partial charge in [0.1, 0.15) is 0 Å². The van der Waals surface area contributed by atoms with E-state index in [-0.39, 0.29) is 0 Å². The third-order valence-corrected chi connectivity index (χ3v) is 4.35. The fraction of sp³-hybridized carbons (Fsp3) is 0.333. The Labute approximate surface area is 108 Å². The highest BCUT2D eigenvalue weighted by molar-refractivity contribution is 7.12. The van der Waals surface area contributed by atoms with Gasteiger partial charge in [0, 0.05) is 22.0 Å². The highest BCUT2D eigenvalue weighted by Gasteiger charge is 2.02. The van der Waals surface area contributed by atoms with Gasteiger partial charge in [0.15, 0.2) is 0 Å². The Hall–Kier alpha value is -1.28. The Balaban J connectivity index is 2.04. The van der Waals surface area contributed by atoms with Crippen LogP contribution in [0.2, 0.25) is 0 Å². The zero-order valence-electron chi connectivity index (χ0n) is 10.7. The maximum atomic E-state index is 3.52. The number of anilines is 1. The summed E-state index contributed by atoms with van der Waals surface area (Å²) in [5.41, 5.74) is 3.94. The second kappa shape index (κ2) is 5.37. The van der Waals surface area contributed by atoms with Gasteiger partial charge in [-0.3, -0.25) is 0 Å². The lowest BCUT2D eigenvalue weighted by Gasteiger charge is -2.10. The molecule has 17 heavy (non-hydrogen) atoms. The fourth-order valence-corrected chi connectivity index (χ4v) is 2.73. The minimum atomic E-state index is 0.926. The molecular weight excluding hydrogens is 226 g/mol. The van der Waals surface area contributed by atoms with Gasteiger partial charge in [-0.2, -0.15) is 0 Å². The van der Waals surface area contributed by atoms with E-state index in [2.05, 4.69) is 56.4 Å². The number of hydrogen-bond acceptors (Lipinski definition) is 2. The first-order valence-corrected chi connectivity index (χ1v) is 6.90. The summed E-state index contributed by atoms with van der Waals surface area (Å²) in [6.45, 7) is 7.45. The van der Waals surface area contributed by atoms with Crippen LogP contribution in [0.3, 0.4) is 0 Å². The van der Waals surface area contributed by atoms with Gasteiger partial charge in [-0.25, -0.2) is 0 Å². The topological polar surface area (TPSA) is 12.0 Å². The van der Waals surface area contributed by atoms with Crippen LogP contribution in [0, 0.1) is 13.8 Å². The molecule has 0 unspecified atom stereocenters. The average Bonchev–Trinajstić information content (AvgIpc) is 2.79. The molecule has 0 saturated carbocycles. The monoisotopic (exact) mass is 245 g/mol. The van der Waals surface area contributed by atoms with E-state index in [0.29, 0.717) is 0 Å². The van der Waals surface area contributed by atoms with E-state index in [1.807, 2.05) is 11.3 Å². The average molecular weight is 245 g/mol. The Kier molecular flexibility index (Phi) is 3.85. The Morgan fingerprint density at radius 2 is 1.82 bits per heavy atom. The van der Waals surface area contributed by atoms with Gasteiger partial charge < -0.3 is 5.32 Å². The van der Waals surface area contributed by atoms with E-state index < -0.39 is 0 Å². The molecule has 2 rings (SSSR count). The van der Waals surface area contributed by atoms with E-state index in [1.165, 1.54) is 26.6 Å². The van der Waals surface area contributed by atoms with Gasteiger partial charge in [0.25, 0.3) is 0 Å². The van der Waals surface area contributed by atoms with Crippen LogP contribution in [-0.4, -0.2) is 0 Å². The predicted molar refractivity (Wildman–Crippen MR) is 76.9 cm³/mol. The molecule has 0 radical (unpaired) electrons. The van der Waals surface area contributed by atoms with Crippen molar-refractivity contribution in [1.29, 1.82) is 0 Å². The Morgan fingerprint density at radius 1 is 1.06 bits per heavy atom. The molecule has 2 heteroatoms. The smallest absolute Gasteiger partial charge is 0.0494 e. The van der Waals surface area contributed by atoms with E-state index in [0.717, 1.165) is 13.0 Å². The molecule has 0 amide bonds. The molecule has 0 fully saturated rings. The second-order valence-corrected chi connectivity index (χ2v) is 5.58. The van der Waals surface area contributed by atoms with Crippen LogP contribution in [0.25, 0.3) is 0 Å². The Bertz CT molecular complexity index is 499. The molecule has 1 aromatic heterocycles. The van der Waals surface area contributed by atoms with Crippen molar-refractivity contribution in [3.05, 3.63) is 51.2 Å². The third kappa shape index (κ3) is 2.89. The normalized spacial score (nSPS) is 10.5. The van der Waals surface area contributed by atoms with Gasteiger partial charge in [-0.05, 0) is 49.6 Å². The van der Waals surface area contributed by atoms with Crippen LogP contribution in [0.1, 0.15) is 27.8 Å². The highest BCUT2D eigenvalue weighted by atomic mass is 32.1. The molecule has 90 valence electrons. The molecular formula is C15H19NS. The molecule has 2 aromatic rings. The summed E-state index contributed by atoms with van der Waals surface area (Å²) in [7, 11) is 0. The molecule has 0 aliphatic rings. The minimum absolute atomic E-state index is 0.926. The van der Waals surface area contributed by atoms with E-state index >= 15 is 0 Å². The van der Waals surface area contributed by atoms with Crippen molar-refractivity contribution in [1.82, 2.24) is 0 Å². The Morgan fingerprint density at radius 3 is 2.53 bits per heavy atom. The number of rotatable bonds is 4. The maximum absolute atomic E-state index is 3.52. The largest absolute Gasteiger partial charge is 0.380 e. The van der Waals surface area contributed by atoms with Crippen molar-refractivity contribution in [2.75, 3.05) is 5.32 Å². The third-order valence-electron chi connectivity index (χ3n) is 3.12. The second-order valence-electron chi connectivity index (χ2n) is 4.32. The first kappa shape index (κ1) is 12.2. The predicted octanol–water partition coefficient (Wildman–Crippen LogP) is 4.54. The molecule has 0 aliphatic carbocycles. The molecule has 1 heterocycles.